The molecule has 2 aromatic rings. The van der Waals surface area contributed by atoms with Crippen LogP contribution in [0.15, 0.2) is 48.5 Å². The fourth-order valence-electron chi connectivity index (χ4n) is 4.05. The molecule has 0 spiro atoms. The molecule has 1 heterocycles. The summed E-state index contributed by atoms with van der Waals surface area (Å²) in [6, 6.07) is 11.7. The Labute approximate surface area is 202 Å². The molecule has 0 saturated carbocycles. The van der Waals surface area contributed by atoms with E-state index >= 15 is 0 Å². The lowest BCUT2D eigenvalue weighted by Crippen LogP contribution is -2.66. The monoisotopic (exact) mass is 493 g/mol. The minimum atomic E-state index is -4.77. The Morgan fingerprint density at radius 3 is 2.23 bits per heavy atom. The van der Waals surface area contributed by atoms with Crippen molar-refractivity contribution in [2.45, 2.75) is 63.6 Å². The number of alkyl halides is 3. The quantitative estimate of drug-likeness (QED) is 0.519. The molecular formula is C25H30F3N3O4. The minimum absolute atomic E-state index is 0.0319. The van der Waals surface area contributed by atoms with Gasteiger partial charge >= 0.3 is 6.36 Å². The average Bonchev–Trinajstić information content (AvgIpc) is 2.81. The minimum Gasteiger partial charge on any atom is -0.497 e. The summed E-state index contributed by atoms with van der Waals surface area (Å²) >= 11 is 0. The first kappa shape index (κ1) is 26.3. The molecule has 1 aliphatic heterocycles. The summed E-state index contributed by atoms with van der Waals surface area (Å²) in [5.41, 5.74) is 1.04. The molecule has 2 aromatic carbocycles. The molecular weight excluding hydrogens is 463 g/mol. The predicted molar refractivity (Wildman–Crippen MR) is 124 cm³/mol. The van der Waals surface area contributed by atoms with Gasteiger partial charge in [-0.05, 0) is 41.8 Å². The number of methoxy groups -OCH3 is 1. The first-order valence-electron chi connectivity index (χ1n) is 11.3. The SMILES string of the molecule is CC[C@@H](NC(=O)C1CC(=O)NC(C(C)(C)c2ccc(OC)cc2)N1)c1ccc(OC(F)(F)F)cc1. The Morgan fingerprint density at radius 2 is 1.69 bits per heavy atom. The molecule has 3 N–H and O–H groups in total. The average molecular weight is 494 g/mol. The van der Waals surface area contributed by atoms with E-state index in [1.54, 1.807) is 7.11 Å². The van der Waals surface area contributed by atoms with Crippen LogP contribution in [0.2, 0.25) is 0 Å². The zero-order chi connectivity index (χ0) is 25.8. The van der Waals surface area contributed by atoms with Crippen molar-refractivity contribution >= 4 is 11.8 Å². The van der Waals surface area contributed by atoms with Gasteiger partial charge in [0.2, 0.25) is 11.8 Å². The molecule has 190 valence electrons. The molecule has 0 aliphatic carbocycles. The van der Waals surface area contributed by atoms with Crippen molar-refractivity contribution in [2.24, 2.45) is 0 Å². The number of halogens is 3. The van der Waals surface area contributed by atoms with Gasteiger partial charge in [0.1, 0.15) is 11.5 Å². The third kappa shape index (κ3) is 6.66. The third-order valence-corrected chi connectivity index (χ3v) is 6.18. The zero-order valence-corrected chi connectivity index (χ0v) is 20.0. The number of benzene rings is 2. The second-order valence-corrected chi connectivity index (χ2v) is 8.96. The summed E-state index contributed by atoms with van der Waals surface area (Å²) in [6.07, 6.45) is -4.81. The maximum Gasteiger partial charge on any atom is 0.573 e. The number of carbonyl (C=O) groups excluding carboxylic acids is 2. The Balaban J connectivity index is 1.70. The Hall–Kier alpha value is -3.27. The topological polar surface area (TPSA) is 88.7 Å². The molecule has 1 aliphatic rings. The van der Waals surface area contributed by atoms with Crippen molar-refractivity contribution in [2.75, 3.05) is 7.11 Å². The van der Waals surface area contributed by atoms with E-state index in [0.29, 0.717) is 17.7 Å². The highest BCUT2D eigenvalue weighted by Crippen LogP contribution is 2.30. The first-order valence-corrected chi connectivity index (χ1v) is 11.3. The number of hydrogen-bond acceptors (Lipinski definition) is 5. The smallest absolute Gasteiger partial charge is 0.497 e. The molecule has 0 aromatic heterocycles. The number of rotatable bonds is 8. The van der Waals surface area contributed by atoms with Crippen molar-refractivity contribution in [3.05, 3.63) is 59.7 Å². The normalized spacial score (nSPS) is 19.5. The molecule has 2 amide bonds. The standard InChI is InChI=1S/C25H30F3N3O4/c1-5-19(15-6-10-18(11-7-15)35-25(26,27)28)29-22(33)20-14-21(32)31-23(30-20)24(2,3)16-8-12-17(34-4)13-9-16/h6-13,19-20,23,30H,5,14H2,1-4H3,(H,29,33)(H,31,32)/t19-,20?,23?/m1/s1. The van der Waals surface area contributed by atoms with Crippen molar-refractivity contribution in [3.63, 3.8) is 0 Å². The molecule has 0 bridgehead atoms. The van der Waals surface area contributed by atoms with Gasteiger partial charge in [-0.3, -0.25) is 14.9 Å². The summed E-state index contributed by atoms with van der Waals surface area (Å²) in [5, 5.41) is 9.08. The second kappa shape index (κ2) is 10.6. The van der Waals surface area contributed by atoms with Crippen LogP contribution in [-0.4, -0.2) is 37.5 Å². The number of nitrogens with one attached hydrogen (secondary N) is 3. The van der Waals surface area contributed by atoms with E-state index in [1.165, 1.54) is 24.3 Å². The Kier molecular flexibility index (Phi) is 7.94. The van der Waals surface area contributed by atoms with Gasteiger partial charge in [-0.15, -0.1) is 13.2 Å². The highest BCUT2D eigenvalue weighted by molar-refractivity contribution is 5.90. The lowest BCUT2D eigenvalue weighted by atomic mass is 9.80. The number of amides is 2. The van der Waals surface area contributed by atoms with Crippen molar-refractivity contribution < 1.29 is 32.2 Å². The molecule has 1 saturated heterocycles. The van der Waals surface area contributed by atoms with Crippen LogP contribution in [0, 0.1) is 0 Å². The van der Waals surface area contributed by atoms with Crippen molar-refractivity contribution in [1.29, 1.82) is 0 Å². The first-order chi connectivity index (χ1) is 16.4. The highest BCUT2D eigenvalue weighted by atomic mass is 19.4. The van der Waals surface area contributed by atoms with Crippen LogP contribution < -0.4 is 25.4 Å². The van der Waals surface area contributed by atoms with Crippen LogP contribution >= 0.6 is 0 Å². The lowest BCUT2D eigenvalue weighted by Gasteiger charge is -2.41. The largest absolute Gasteiger partial charge is 0.573 e. The third-order valence-electron chi connectivity index (χ3n) is 6.18. The number of hydrogen-bond donors (Lipinski definition) is 3. The van der Waals surface area contributed by atoms with Crippen LogP contribution in [0.4, 0.5) is 13.2 Å². The molecule has 35 heavy (non-hydrogen) atoms. The Morgan fingerprint density at radius 1 is 1.09 bits per heavy atom. The number of carbonyl (C=O) groups is 2. The summed E-state index contributed by atoms with van der Waals surface area (Å²) in [4.78, 5) is 25.6. The lowest BCUT2D eigenvalue weighted by molar-refractivity contribution is -0.274. The molecule has 1 fully saturated rings. The highest BCUT2D eigenvalue weighted by Gasteiger charge is 2.40. The van der Waals surface area contributed by atoms with E-state index in [9.17, 15) is 22.8 Å². The molecule has 0 radical (unpaired) electrons. The van der Waals surface area contributed by atoms with Crippen LogP contribution in [0.25, 0.3) is 0 Å². The predicted octanol–water partition coefficient (Wildman–Crippen LogP) is 3.94. The van der Waals surface area contributed by atoms with Gasteiger partial charge in [0.15, 0.2) is 0 Å². The second-order valence-electron chi connectivity index (χ2n) is 8.96. The Bertz CT molecular complexity index is 1020. The van der Waals surface area contributed by atoms with Crippen LogP contribution in [0.3, 0.4) is 0 Å². The van der Waals surface area contributed by atoms with Gasteiger partial charge in [-0.1, -0.05) is 45.0 Å². The van der Waals surface area contributed by atoms with E-state index in [1.807, 2.05) is 45.0 Å². The van der Waals surface area contributed by atoms with Crippen molar-refractivity contribution in [1.82, 2.24) is 16.0 Å². The molecule has 10 heteroatoms. The van der Waals surface area contributed by atoms with Crippen LogP contribution in [0.1, 0.15) is 50.8 Å². The number of ether oxygens (including phenoxy) is 2. The summed E-state index contributed by atoms with van der Waals surface area (Å²) < 4.78 is 46.3. The van der Waals surface area contributed by atoms with Crippen molar-refractivity contribution in [3.8, 4) is 11.5 Å². The van der Waals surface area contributed by atoms with Gasteiger partial charge < -0.3 is 20.1 Å². The van der Waals surface area contributed by atoms with Crippen LogP contribution in [-0.2, 0) is 15.0 Å². The van der Waals surface area contributed by atoms with Gasteiger partial charge in [-0.2, -0.15) is 0 Å². The summed E-state index contributed by atoms with van der Waals surface area (Å²) in [5.74, 6) is -0.238. The molecule has 3 atom stereocenters. The van der Waals surface area contributed by atoms with Gasteiger partial charge in [0, 0.05) is 5.41 Å². The van der Waals surface area contributed by atoms with Crippen LogP contribution in [0.5, 0.6) is 11.5 Å². The maximum absolute atomic E-state index is 13.1. The molecule has 2 unspecified atom stereocenters. The fourth-order valence-corrected chi connectivity index (χ4v) is 4.05. The molecule has 7 nitrogen and oxygen atoms in total. The molecule has 3 rings (SSSR count). The van der Waals surface area contributed by atoms with E-state index in [4.69, 9.17) is 4.74 Å². The summed E-state index contributed by atoms with van der Waals surface area (Å²) in [6.45, 7) is 5.78. The fraction of sp³-hybridized carbons (Fsp3) is 0.440. The van der Waals surface area contributed by atoms with Gasteiger partial charge in [0.25, 0.3) is 0 Å². The van der Waals surface area contributed by atoms with E-state index in [2.05, 4.69) is 20.7 Å². The van der Waals surface area contributed by atoms with Gasteiger partial charge in [-0.25, -0.2) is 0 Å². The summed E-state index contributed by atoms with van der Waals surface area (Å²) in [7, 11) is 1.58. The maximum atomic E-state index is 13.1. The van der Waals surface area contributed by atoms with E-state index in [-0.39, 0.29) is 24.0 Å². The van der Waals surface area contributed by atoms with E-state index < -0.39 is 30.0 Å². The zero-order valence-electron chi connectivity index (χ0n) is 20.0. The van der Waals surface area contributed by atoms with E-state index in [0.717, 1.165) is 5.56 Å². The van der Waals surface area contributed by atoms with Gasteiger partial charge in [0.05, 0.1) is 31.8 Å².